The number of fused-ring (bicyclic) bond motifs is 1. The van der Waals surface area contributed by atoms with E-state index in [9.17, 15) is 0 Å². The number of hydrogen-bond acceptors (Lipinski definition) is 0. The average molecular weight is 112 g/mol. The van der Waals surface area contributed by atoms with E-state index < -0.39 is 0 Å². The number of rotatable bonds is 0. The van der Waals surface area contributed by atoms with Crippen molar-refractivity contribution in [2.75, 3.05) is 0 Å². The highest BCUT2D eigenvalue weighted by Crippen LogP contribution is 2.20. The highest BCUT2D eigenvalue weighted by molar-refractivity contribution is 6.32. The first-order valence-electron chi connectivity index (χ1n) is 2.94. The van der Waals surface area contributed by atoms with Gasteiger partial charge in [-0.15, -0.1) is 0 Å². The van der Waals surface area contributed by atoms with Gasteiger partial charge in [0, 0.05) is 0 Å². The second kappa shape index (κ2) is 1.50. The van der Waals surface area contributed by atoms with Gasteiger partial charge < -0.3 is 0 Å². The third kappa shape index (κ3) is 0.612. The van der Waals surface area contributed by atoms with Crippen molar-refractivity contribution in [3.8, 4) is 0 Å². The second-order valence-electron chi connectivity index (χ2n) is 2.22. The van der Waals surface area contributed by atoms with Crippen LogP contribution < -0.4 is 5.46 Å². The monoisotopic (exact) mass is 112 g/mol. The summed E-state index contributed by atoms with van der Waals surface area (Å²) in [5.41, 5.74) is 3.40. The fourth-order valence-corrected chi connectivity index (χ4v) is 0.973. The zero-order chi connectivity index (χ0) is 6.27. The zero-order valence-electron chi connectivity index (χ0n) is 4.96. The lowest BCUT2D eigenvalue weighted by Crippen LogP contribution is -2.04. The first-order chi connectivity index (χ1) is 4.36. The van der Waals surface area contributed by atoms with Crippen molar-refractivity contribution >= 4 is 25.5 Å². The summed E-state index contributed by atoms with van der Waals surface area (Å²) < 4.78 is 0. The fraction of sp³-hybridized carbons (Fsp3) is 0. The molecular formula is C8H5B. The van der Waals surface area contributed by atoms with E-state index in [0.29, 0.717) is 0 Å². The Morgan fingerprint density at radius 1 is 1.00 bits per heavy atom. The molecule has 0 saturated heterocycles. The molecule has 1 aliphatic rings. The topological polar surface area (TPSA) is 0 Å². The van der Waals surface area contributed by atoms with Gasteiger partial charge in [-0.3, -0.25) is 0 Å². The van der Waals surface area contributed by atoms with Gasteiger partial charge in [0.2, 0.25) is 0 Å². The maximum Gasteiger partial charge on any atom is 0.113 e. The molecule has 0 saturated carbocycles. The van der Waals surface area contributed by atoms with Crippen molar-refractivity contribution < 1.29 is 0 Å². The summed E-state index contributed by atoms with van der Waals surface area (Å²) in [4.78, 5) is 0. The van der Waals surface area contributed by atoms with Crippen molar-refractivity contribution in [1.82, 2.24) is 0 Å². The third-order valence-corrected chi connectivity index (χ3v) is 1.55. The third-order valence-electron chi connectivity index (χ3n) is 1.55. The molecule has 2 radical (unpaired) electrons. The van der Waals surface area contributed by atoms with E-state index in [-0.39, 0.29) is 0 Å². The van der Waals surface area contributed by atoms with Crippen LogP contribution in [0.25, 0.3) is 12.2 Å². The van der Waals surface area contributed by atoms with Crippen LogP contribution in [0, 0.1) is 0 Å². The van der Waals surface area contributed by atoms with Crippen LogP contribution in [-0.2, 0) is 0 Å². The van der Waals surface area contributed by atoms with E-state index in [1.54, 1.807) is 0 Å². The summed E-state index contributed by atoms with van der Waals surface area (Å²) >= 11 is 0. The molecule has 0 bridgehead atoms. The van der Waals surface area contributed by atoms with Gasteiger partial charge in [0.15, 0.2) is 0 Å². The molecular weight excluding hydrogens is 107 g/mol. The Kier molecular flexibility index (Phi) is 0.812. The van der Waals surface area contributed by atoms with Crippen LogP contribution in [0.2, 0.25) is 0 Å². The highest BCUT2D eigenvalue weighted by Gasteiger charge is 2.02. The molecule has 1 aliphatic carbocycles. The Morgan fingerprint density at radius 3 is 2.22 bits per heavy atom. The molecule has 40 valence electrons. The van der Waals surface area contributed by atoms with Gasteiger partial charge in [-0.2, -0.15) is 0 Å². The minimum atomic E-state index is 0.845. The first kappa shape index (κ1) is 4.86. The zero-order valence-corrected chi connectivity index (χ0v) is 4.96. The largest absolute Gasteiger partial charge is 0.113 e. The van der Waals surface area contributed by atoms with Gasteiger partial charge in [-0.1, -0.05) is 35.8 Å². The Labute approximate surface area is 55.6 Å². The van der Waals surface area contributed by atoms with Crippen molar-refractivity contribution in [2.24, 2.45) is 0 Å². The van der Waals surface area contributed by atoms with E-state index in [0.717, 1.165) is 5.46 Å². The lowest BCUT2D eigenvalue weighted by molar-refractivity contribution is 1.61. The van der Waals surface area contributed by atoms with Crippen LogP contribution in [0.1, 0.15) is 11.1 Å². The Hall–Kier alpha value is -0.975. The van der Waals surface area contributed by atoms with E-state index in [4.69, 9.17) is 7.85 Å². The van der Waals surface area contributed by atoms with Crippen LogP contribution in [0.5, 0.6) is 0 Å². The molecule has 0 aliphatic heterocycles. The minimum absolute atomic E-state index is 0.845. The van der Waals surface area contributed by atoms with Crippen LogP contribution in [0.4, 0.5) is 0 Å². The predicted octanol–water partition coefficient (Wildman–Crippen LogP) is 0.964. The number of hydrogen-bond donors (Lipinski definition) is 0. The van der Waals surface area contributed by atoms with Crippen molar-refractivity contribution in [3.05, 3.63) is 29.3 Å². The van der Waals surface area contributed by atoms with Crippen LogP contribution in [-0.4, -0.2) is 7.85 Å². The average Bonchev–Trinajstić information content (AvgIpc) is 1.78. The van der Waals surface area contributed by atoms with E-state index in [1.807, 2.05) is 18.2 Å². The van der Waals surface area contributed by atoms with Gasteiger partial charge in [0.1, 0.15) is 7.85 Å². The summed E-state index contributed by atoms with van der Waals surface area (Å²) in [6, 6.07) is 5.93. The maximum atomic E-state index is 5.53. The van der Waals surface area contributed by atoms with Crippen LogP contribution in [0.15, 0.2) is 18.2 Å². The highest BCUT2D eigenvalue weighted by atomic mass is 14.1. The smallest absolute Gasteiger partial charge is 0.0960 e. The van der Waals surface area contributed by atoms with Gasteiger partial charge in [-0.05, 0) is 11.1 Å². The van der Waals surface area contributed by atoms with E-state index in [2.05, 4.69) is 12.2 Å². The molecule has 0 spiro atoms. The molecule has 0 nitrogen and oxygen atoms in total. The van der Waals surface area contributed by atoms with Crippen LogP contribution in [0.3, 0.4) is 0 Å². The Bertz CT molecular complexity index is 274. The molecule has 2 rings (SSSR count). The van der Waals surface area contributed by atoms with E-state index in [1.165, 1.54) is 11.1 Å². The van der Waals surface area contributed by atoms with Crippen LogP contribution >= 0.6 is 0 Å². The van der Waals surface area contributed by atoms with Crippen molar-refractivity contribution in [1.29, 1.82) is 0 Å². The van der Waals surface area contributed by atoms with Gasteiger partial charge in [0.05, 0.1) is 0 Å². The summed E-state index contributed by atoms with van der Waals surface area (Å²) in [5, 5.41) is 0. The lowest BCUT2D eigenvalue weighted by Gasteiger charge is -2.09. The summed E-state index contributed by atoms with van der Waals surface area (Å²) in [7, 11) is 5.53. The molecule has 1 heteroatoms. The molecule has 1 aromatic carbocycles. The lowest BCUT2D eigenvalue weighted by atomic mass is 9.88. The molecule has 0 atom stereocenters. The molecule has 9 heavy (non-hydrogen) atoms. The first-order valence-corrected chi connectivity index (χ1v) is 2.94. The Morgan fingerprint density at radius 2 is 1.78 bits per heavy atom. The number of benzene rings is 1. The quantitative estimate of drug-likeness (QED) is 0.445. The van der Waals surface area contributed by atoms with Crippen molar-refractivity contribution in [2.45, 2.75) is 0 Å². The maximum absolute atomic E-state index is 5.53. The van der Waals surface area contributed by atoms with Crippen molar-refractivity contribution in [3.63, 3.8) is 0 Å². The summed E-state index contributed by atoms with van der Waals surface area (Å²) in [5.74, 6) is 0. The molecule has 1 aromatic rings. The summed E-state index contributed by atoms with van der Waals surface area (Å²) in [6.45, 7) is 0. The Balaban J connectivity index is 2.63. The normalized spacial score (nSPS) is 12.4. The minimum Gasteiger partial charge on any atom is -0.0960 e. The molecule has 0 N–H and O–H groups in total. The van der Waals surface area contributed by atoms with Gasteiger partial charge in [0.25, 0.3) is 0 Å². The molecule has 0 amide bonds. The molecule has 0 fully saturated rings. The summed E-state index contributed by atoms with van der Waals surface area (Å²) in [6.07, 6.45) is 4.14. The van der Waals surface area contributed by atoms with E-state index >= 15 is 0 Å². The SMILES string of the molecule is [B]c1ccc2c(c1)C=C2. The molecule has 0 aromatic heterocycles. The predicted molar refractivity (Wildman–Crippen MR) is 40.8 cm³/mol. The van der Waals surface area contributed by atoms with Gasteiger partial charge in [-0.25, -0.2) is 0 Å². The molecule has 0 unspecified atom stereocenters. The standard InChI is InChI=1S/C8H5B/c9-8-4-3-6-1-2-7(6)5-8/h1-5H. The fourth-order valence-electron chi connectivity index (χ4n) is 0.973. The molecule has 0 heterocycles. The second-order valence-corrected chi connectivity index (χ2v) is 2.22. The van der Waals surface area contributed by atoms with Gasteiger partial charge >= 0.3 is 0 Å².